The highest BCUT2D eigenvalue weighted by Crippen LogP contribution is 2.17. The third-order valence-electron chi connectivity index (χ3n) is 7.24. The number of unbranched alkanes of at least 4 members (excludes halogenated alkanes) is 1. The number of benzene rings is 2. The zero-order valence-electron chi connectivity index (χ0n) is 25.5. The van der Waals surface area contributed by atoms with Crippen molar-refractivity contribution in [3.05, 3.63) is 77.6 Å². The summed E-state index contributed by atoms with van der Waals surface area (Å²) >= 11 is 0. The van der Waals surface area contributed by atoms with Crippen molar-refractivity contribution in [2.75, 3.05) is 6.54 Å². The van der Waals surface area contributed by atoms with Crippen LogP contribution in [0.2, 0.25) is 0 Å². The second-order valence-corrected chi connectivity index (χ2v) is 10.8. The molecule has 0 aliphatic carbocycles. The fourth-order valence-electron chi connectivity index (χ4n) is 4.67. The molecule has 0 aliphatic heterocycles. The number of nitrogens with two attached hydrogens (primary N) is 1. The van der Waals surface area contributed by atoms with Crippen molar-refractivity contribution >= 4 is 46.5 Å². The van der Waals surface area contributed by atoms with Crippen molar-refractivity contribution in [2.45, 2.75) is 63.2 Å². The Morgan fingerprint density at radius 3 is 2.02 bits per heavy atom. The van der Waals surface area contributed by atoms with Crippen molar-refractivity contribution in [3.8, 4) is 0 Å². The maximum atomic E-state index is 13.3. The van der Waals surface area contributed by atoms with Gasteiger partial charge in [-0.2, -0.15) is 0 Å². The van der Waals surface area contributed by atoms with Gasteiger partial charge in [0.2, 0.25) is 5.91 Å². The number of hydrogen-bond donors (Lipinski definition) is 8. The third-order valence-corrected chi connectivity index (χ3v) is 7.24. The fourth-order valence-corrected chi connectivity index (χ4v) is 4.67. The van der Waals surface area contributed by atoms with Gasteiger partial charge in [-0.25, -0.2) is 14.4 Å². The van der Waals surface area contributed by atoms with E-state index in [1.165, 1.54) is 12.3 Å². The van der Waals surface area contributed by atoms with E-state index in [1.807, 2.05) is 42.5 Å². The lowest BCUT2D eigenvalue weighted by atomic mass is 10.0. The van der Waals surface area contributed by atoms with Gasteiger partial charge in [-0.1, -0.05) is 48.5 Å². The predicted molar refractivity (Wildman–Crippen MR) is 169 cm³/mol. The van der Waals surface area contributed by atoms with Crippen LogP contribution in [0.25, 0.3) is 10.8 Å². The maximum Gasteiger partial charge on any atom is 0.326 e. The minimum Gasteiger partial charge on any atom is -0.481 e. The van der Waals surface area contributed by atoms with Crippen LogP contribution < -0.4 is 27.0 Å². The summed E-state index contributed by atoms with van der Waals surface area (Å²) in [5, 5.41) is 39.2. The van der Waals surface area contributed by atoms with Crippen molar-refractivity contribution in [1.29, 1.82) is 0 Å². The number of carboxylic acids is 3. The van der Waals surface area contributed by atoms with Crippen molar-refractivity contribution in [2.24, 2.45) is 5.73 Å². The molecule has 4 amide bonds. The number of fused-ring (bicyclic) bond motifs is 1. The van der Waals surface area contributed by atoms with Gasteiger partial charge >= 0.3 is 23.9 Å². The molecular weight excluding hydrogens is 612 g/mol. The van der Waals surface area contributed by atoms with Gasteiger partial charge in [0.25, 0.3) is 5.91 Å². The van der Waals surface area contributed by atoms with Gasteiger partial charge in [-0.15, -0.1) is 0 Å². The quantitative estimate of drug-likeness (QED) is 0.0913. The molecule has 15 nitrogen and oxygen atoms in total. The number of hydrogen-bond acceptors (Lipinski definition) is 8. The molecule has 3 rings (SSSR count). The summed E-state index contributed by atoms with van der Waals surface area (Å²) in [5.41, 5.74) is 7.29. The van der Waals surface area contributed by atoms with E-state index in [9.17, 15) is 39.0 Å². The highest BCUT2D eigenvalue weighted by Gasteiger charge is 2.25. The van der Waals surface area contributed by atoms with E-state index in [2.05, 4.69) is 26.3 Å². The van der Waals surface area contributed by atoms with Gasteiger partial charge in [0.05, 0.1) is 0 Å². The normalized spacial score (nSPS) is 12.7. The third kappa shape index (κ3) is 11.7. The Kier molecular flexibility index (Phi) is 13.6. The van der Waals surface area contributed by atoms with Crippen LogP contribution in [0.3, 0.4) is 0 Å². The van der Waals surface area contributed by atoms with Crippen LogP contribution in [0.15, 0.2) is 60.8 Å². The van der Waals surface area contributed by atoms with Gasteiger partial charge in [-0.05, 0) is 53.6 Å². The lowest BCUT2D eigenvalue weighted by Crippen LogP contribution is -2.51. The van der Waals surface area contributed by atoms with Crippen molar-refractivity contribution in [1.82, 2.24) is 26.3 Å². The van der Waals surface area contributed by atoms with Gasteiger partial charge in [-0.3, -0.25) is 19.4 Å². The molecule has 0 spiro atoms. The summed E-state index contributed by atoms with van der Waals surface area (Å²) < 4.78 is 0. The minimum atomic E-state index is -1.51. The summed E-state index contributed by atoms with van der Waals surface area (Å²) in [5.74, 6) is -5.06. The first kappa shape index (κ1) is 35.9. The molecule has 0 fully saturated rings. The number of aliphatic carboxylic acids is 3. The van der Waals surface area contributed by atoms with E-state index in [0.29, 0.717) is 6.42 Å². The van der Waals surface area contributed by atoms with Gasteiger partial charge in [0.1, 0.15) is 23.8 Å². The smallest absolute Gasteiger partial charge is 0.326 e. The Labute approximate surface area is 269 Å². The lowest BCUT2D eigenvalue weighted by Gasteiger charge is -2.20. The Bertz CT molecular complexity index is 1580. The first-order valence-electron chi connectivity index (χ1n) is 14.9. The van der Waals surface area contributed by atoms with E-state index in [-0.39, 0.29) is 44.5 Å². The molecule has 1 aromatic heterocycles. The molecular formula is C32H38N6O9. The van der Waals surface area contributed by atoms with Gasteiger partial charge in [0, 0.05) is 32.1 Å². The summed E-state index contributed by atoms with van der Waals surface area (Å²) in [4.78, 5) is 76.3. The maximum absolute atomic E-state index is 13.3. The molecule has 3 atom stereocenters. The highest BCUT2D eigenvalue weighted by atomic mass is 16.4. The van der Waals surface area contributed by atoms with E-state index in [4.69, 9.17) is 10.8 Å². The topological polar surface area (TPSA) is 250 Å². The number of carbonyl (C=O) groups excluding carboxylic acids is 3. The first-order chi connectivity index (χ1) is 22.5. The van der Waals surface area contributed by atoms with Crippen molar-refractivity contribution < 1.29 is 44.1 Å². The van der Waals surface area contributed by atoms with Crippen LogP contribution in [0.5, 0.6) is 0 Å². The van der Waals surface area contributed by atoms with Crippen LogP contribution in [0.1, 0.15) is 53.7 Å². The van der Waals surface area contributed by atoms with Crippen LogP contribution in [-0.4, -0.2) is 80.7 Å². The van der Waals surface area contributed by atoms with Crippen molar-refractivity contribution in [3.63, 3.8) is 0 Å². The highest BCUT2D eigenvalue weighted by molar-refractivity contribution is 5.96. The molecule has 0 radical (unpaired) electrons. The van der Waals surface area contributed by atoms with Gasteiger partial charge < -0.3 is 42.3 Å². The molecule has 0 saturated heterocycles. The summed E-state index contributed by atoms with van der Waals surface area (Å²) in [6, 6.07) is 11.8. The second-order valence-electron chi connectivity index (χ2n) is 10.8. The van der Waals surface area contributed by atoms with Crippen LogP contribution in [0, 0.1) is 0 Å². The zero-order valence-corrected chi connectivity index (χ0v) is 25.5. The zero-order chi connectivity index (χ0) is 34.3. The van der Waals surface area contributed by atoms with E-state index in [0.717, 1.165) is 21.9 Å². The standard InChI is InChI=1S/C32H38N6O9/c33-17-20-9-11-23(35-18-20)29(42)36-26(16-19-8-10-21-5-1-2-6-22(21)15-19)28(41)34-14-4-3-7-24(30(43)44)37-32(47)38-25(31(45)46)12-13-27(39)40/h1-2,5-6,8-11,15,18,24-26H,3-4,7,12-14,16-17,33H2,(H,34,41)(H,36,42)(H,39,40)(H,43,44)(H,45,46)(H2,37,38,47)/t24-,25+,26-/m0/s1. The molecule has 3 aromatic rings. The molecule has 1 heterocycles. The number of nitrogens with one attached hydrogen (secondary N) is 4. The Morgan fingerprint density at radius 1 is 0.745 bits per heavy atom. The molecule has 2 aromatic carbocycles. The van der Waals surface area contributed by atoms with Crippen LogP contribution in [-0.2, 0) is 32.1 Å². The Hall–Kier alpha value is -5.57. The van der Waals surface area contributed by atoms with Crippen LogP contribution in [0.4, 0.5) is 4.79 Å². The first-order valence-corrected chi connectivity index (χ1v) is 14.9. The average Bonchev–Trinajstić information content (AvgIpc) is 3.05. The van der Waals surface area contributed by atoms with Gasteiger partial charge in [0.15, 0.2) is 0 Å². The fraction of sp³-hybridized carbons (Fsp3) is 0.344. The Balaban J connectivity index is 1.57. The monoisotopic (exact) mass is 650 g/mol. The summed E-state index contributed by atoms with van der Waals surface area (Å²) in [6.07, 6.45) is 1.35. The summed E-state index contributed by atoms with van der Waals surface area (Å²) in [7, 11) is 0. The molecule has 0 aliphatic rings. The number of carboxylic acid groups (broad SMARTS) is 3. The molecule has 9 N–H and O–H groups in total. The average molecular weight is 651 g/mol. The predicted octanol–water partition coefficient (Wildman–Crippen LogP) is 1.39. The number of aromatic nitrogens is 1. The molecule has 0 saturated carbocycles. The molecule has 0 unspecified atom stereocenters. The molecule has 15 heteroatoms. The van der Waals surface area contributed by atoms with E-state index < -0.39 is 60.3 Å². The number of nitrogens with zero attached hydrogens (tertiary/aromatic N) is 1. The molecule has 250 valence electrons. The van der Waals surface area contributed by atoms with Crippen LogP contribution >= 0.6 is 0 Å². The SMILES string of the molecule is NCc1ccc(C(=O)N[C@@H](Cc2ccc3ccccc3c2)C(=O)NCCCC[C@H](NC(=O)N[C@H](CCC(=O)O)C(=O)O)C(=O)O)nc1. The lowest BCUT2D eigenvalue weighted by molar-refractivity contribution is -0.140. The number of urea groups is 1. The number of amides is 4. The minimum absolute atomic E-state index is 0.0345. The number of rotatable bonds is 18. The molecule has 0 bridgehead atoms. The number of pyridine rings is 1. The number of carbonyl (C=O) groups is 6. The second kappa shape index (κ2) is 17.8. The van der Waals surface area contributed by atoms with E-state index >= 15 is 0 Å². The summed E-state index contributed by atoms with van der Waals surface area (Å²) in [6.45, 7) is 0.402. The molecule has 47 heavy (non-hydrogen) atoms. The largest absolute Gasteiger partial charge is 0.481 e. The van der Waals surface area contributed by atoms with E-state index in [1.54, 1.807) is 6.07 Å². The Morgan fingerprint density at radius 2 is 1.40 bits per heavy atom.